The molecule has 4 heterocycles. The van der Waals surface area contributed by atoms with Gasteiger partial charge in [0.1, 0.15) is 5.76 Å². The van der Waals surface area contributed by atoms with Gasteiger partial charge in [-0.3, -0.25) is 4.79 Å². The zero-order valence-electron chi connectivity index (χ0n) is 13.6. The van der Waals surface area contributed by atoms with Crippen LogP contribution in [0.2, 0.25) is 0 Å². The number of anilines is 1. The van der Waals surface area contributed by atoms with Crippen LogP contribution >= 0.6 is 0 Å². The lowest BCUT2D eigenvalue weighted by Crippen LogP contribution is -2.36. The van der Waals surface area contributed by atoms with Crippen molar-refractivity contribution in [2.24, 2.45) is 0 Å². The molecule has 24 heavy (non-hydrogen) atoms. The molecule has 4 rings (SSSR count). The molecule has 126 valence electrons. The van der Waals surface area contributed by atoms with Crippen LogP contribution in [0.1, 0.15) is 29.0 Å². The smallest absolute Gasteiger partial charge is 0.257 e. The minimum Gasteiger partial charge on any atom is -0.469 e. The molecule has 1 N–H and O–H groups in total. The molecule has 2 saturated heterocycles. The van der Waals surface area contributed by atoms with Crippen molar-refractivity contribution in [3.8, 4) is 0 Å². The topological polar surface area (TPSA) is 80.5 Å². The molecule has 7 nitrogen and oxygen atoms in total. The van der Waals surface area contributed by atoms with Crippen molar-refractivity contribution in [1.29, 1.82) is 0 Å². The molecular formula is C17H20N4O3. The maximum Gasteiger partial charge on any atom is 0.257 e. The predicted octanol–water partition coefficient (Wildman–Crippen LogP) is 1.86. The van der Waals surface area contributed by atoms with Crippen LogP contribution in [-0.4, -0.2) is 52.1 Å². The Kier molecular flexibility index (Phi) is 3.72. The van der Waals surface area contributed by atoms with E-state index in [2.05, 4.69) is 15.3 Å². The summed E-state index contributed by atoms with van der Waals surface area (Å²) in [5.74, 6) is 1.29. The number of amides is 1. The van der Waals surface area contributed by atoms with Crippen LogP contribution in [-0.2, 0) is 4.74 Å². The van der Waals surface area contributed by atoms with Crippen LogP contribution in [0.25, 0.3) is 0 Å². The lowest BCUT2D eigenvalue weighted by Gasteiger charge is -2.23. The summed E-state index contributed by atoms with van der Waals surface area (Å²) in [6.07, 6.45) is 6.68. The van der Waals surface area contributed by atoms with Crippen molar-refractivity contribution in [3.63, 3.8) is 0 Å². The van der Waals surface area contributed by atoms with E-state index in [4.69, 9.17) is 9.15 Å². The highest BCUT2D eigenvalue weighted by Gasteiger charge is 2.47. The number of nitrogens with one attached hydrogen (secondary N) is 1. The van der Waals surface area contributed by atoms with Gasteiger partial charge in [-0.2, -0.15) is 0 Å². The number of carbonyl (C=O) groups excluding carboxylic acids is 1. The molecule has 0 saturated carbocycles. The van der Waals surface area contributed by atoms with Gasteiger partial charge in [0, 0.05) is 25.4 Å². The standard InChI is InChI=1S/C17H20N4O3/c1-12-14(3-8-23-12)15(22)21-7-4-17(11-21)9-13(10-24-17)20-16-18-5-2-6-19-16/h2-3,5-6,8,13H,4,7,9-11H2,1H3,(H,18,19,20)/t13-,17+/m1/s1. The van der Waals surface area contributed by atoms with Crippen LogP contribution in [0.5, 0.6) is 0 Å². The molecule has 1 spiro atoms. The largest absolute Gasteiger partial charge is 0.469 e. The fraction of sp³-hybridized carbons (Fsp3) is 0.471. The molecule has 0 radical (unpaired) electrons. The first kappa shape index (κ1) is 15.1. The van der Waals surface area contributed by atoms with E-state index in [9.17, 15) is 4.79 Å². The van der Waals surface area contributed by atoms with Crippen LogP contribution in [0.15, 0.2) is 35.2 Å². The van der Waals surface area contributed by atoms with Crippen molar-refractivity contribution in [2.75, 3.05) is 25.0 Å². The van der Waals surface area contributed by atoms with Gasteiger partial charge in [0.15, 0.2) is 0 Å². The highest BCUT2D eigenvalue weighted by Crippen LogP contribution is 2.36. The Bertz CT molecular complexity index is 732. The van der Waals surface area contributed by atoms with Crippen molar-refractivity contribution in [1.82, 2.24) is 14.9 Å². The van der Waals surface area contributed by atoms with E-state index in [-0.39, 0.29) is 17.6 Å². The quantitative estimate of drug-likeness (QED) is 0.926. The van der Waals surface area contributed by atoms with E-state index in [1.807, 2.05) is 11.8 Å². The minimum atomic E-state index is -0.264. The number of aryl methyl sites for hydroxylation is 1. The number of furan rings is 1. The predicted molar refractivity (Wildman–Crippen MR) is 86.7 cm³/mol. The third kappa shape index (κ3) is 2.75. The number of nitrogens with zero attached hydrogens (tertiary/aromatic N) is 3. The second-order valence-electron chi connectivity index (χ2n) is 6.48. The number of rotatable bonds is 3. The molecule has 2 aliphatic heterocycles. The second-order valence-corrected chi connectivity index (χ2v) is 6.48. The summed E-state index contributed by atoms with van der Waals surface area (Å²) < 4.78 is 11.3. The summed E-state index contributed by atoms with van der Waals surface area (Å²) in [4.78, 5) is 22.9. The Morgan fingerprint density at radius 2 is 2.25 bits per heavy atom. The van der Waals surface area contributed by atoms with Gasteiger partial charge in [0.25, 0.3) is 5.91 Å². The average molecular weight is 328 g/mol. The van der Waals surface area contributed by atoms with Crippen LogP contribution in [0, 0.1) is 6.92 Å². The third-order valence-electron chi connectivity index (χ3n) is 4.80. The Morgan fingerprint density at radius 3 is 3.00 bits per heavy atom. The molecule has 2 aromatic rings. The van der Waals surface area contributed by atoms with Crippen molar-refractivity contribution >= 4 is 11.9 Å². The molecule has 0 aromatic carbocycles. The van der Waals surface area contributed by atoms with Gasteiger partial charge >= 0.3 is 0 Å². The van der Waals surface area contributed by atoms with E-state index in [1.165, 1.54) is 0 Å². The fourth-order valence-electron chi connectivity index (χ4n) is 3.57. The molecule has 2 atom stereocenters. The maximum absolute atomic E-state index is 12.6. The van der Waals surface area contributed by atoms with E-state index < -0.39 is 0 Å². The van der Waals surface area contributed by atoms with Crippen molar-refractivity contribution < 1.29 is 13.9 Å². The fourth-order valence-corrected chi connectivity index (χ4v) is 3.57. The second kappa shape index (κ2) is 5.90. The Labute approximate surface area is 140 Å². The highest BCUT2D eigenvalue weighted by molar-refractivity contribution is 5.95. The zero-order valence-corrected chi connectivity index (χ0v) is 13.6. The van der Waals surface area contributed by atoms with Crippen molar-refractivity contribution in [3.05, 3.63) is 42.1 Å². The van der Waals surface area contributed by atoms with Crippen LogP contribution in [0.3, 0.4) is 0 Å². The first-order chi connectivity index (χ1) is 11.7. The number of hydrogen-bond acceptors (Lipinski definition) is 6. The van der Waals surface area contributed by atoms with Gasteiger partial charge in [0.05, 0.1) is 36.6 Å². The van der Waals surface area contributed by atoms with Gasteiger partial charge in [-0.15, -0.1) is 0 Å². The molecule has 0 bridgehead atoms. The number of likely N-dealkylation sites (tertiary alicyclic amines) is 1. The lowest BCUT2D eigenvalue weighted by atomic mass is 9.97. The summed E-state index contributed by atoms with van der Waals surface area (Å²) in [6.45, 7) is 3.73. The molecular weight excluding hydrogens is 308 g/mol. The lowest BCUT2D eigenvalue weighted by molar-refractivity contribution is 0.0124. The van der Waals surface area contributed by atoms with E-state index in [0.29, 0.717) is 37.0 Å². The summed E-state index contributed by atoms with van der Waals surface area (Å²) in [6, 6.07) is 3.68. The molecule has 2 fully saturated rings. The molecule has 2 aliphatic rings. The molecule has 0 unspecified atom stereocenters. The number of carbonyl (C=O) groups is 1. The molecule has 7 heteroatoms. The SMILES string of the molecule is Cc1occc1C(=O)N1CC[C@]2(C[C@@H](Nc3ncccn3)CO2)C1. The molecule has 0 aliphatic carbocycles. The molecule has 2 aromatic heterocycles. The van der Waals surface area contributed by atoms with E-state index in [1.54, 1.807) is 30.8 Å². The summed E-state index contributed by atoms with van der Waals surface area (Å²) in [7, 11) is 0. The third-order valence-corrected chi connectivity index (χ3v) is 4.80. The number of ether oxygens (including phenoxy) is 1. The number of hydrogen-bond donors (Lipinski definition) is 1. The Balaban J connectivity index is 1.40. The van der Waals surface area contributed by atoms with Gasteiger partial charge in [0.2, 0.25) is 5.95 Å². The Hall–Kier alpha value is -2.41. The summed E-state index contributed by atoms with van der Waals surface area (Å²) >= 11 is 0. The summed E-state index contributed by atoms with van der Waals surface area (Å²) in [5.41, 5.74) is 0.372. The zero-order chi connectivity index (χ0) is 16.6. The van der Waals surface area contributed by atoms with Crippen molar-refractivity contribution in [2.45, 2.75) is 31.4 Å². The van der Waals surface area contributed by atoms with Gasteiger partial charge < -0.3 is 19.4 Å². The first-order valence-corrected chi connectivity index (χ1v) is 8.16. The molecule has 1 amide bonds. The van der Waals surface area contributed by atoms with Crippen LogP contribution in [0.4, 0.5) is 5.95 Å². The van der Waals surface area contributed by atoms with E-state index >= 15 is 0 Å². The monoisotopic (exact) mass is 328 g/mol. The highest BCUT2D eigenvalue weighted by atomic mass is 16.5. The minimum absolute atomic E-state index is 0.0181. The van der Waals surface area contributed by atoms with E-state index in [0.717, 1.165) is 12.8 Å². The Morgan fingerprint density at radius 1 is 1.42 bits per heavy atom. The summed E-state index contributed by atoms with van der Waals surface area (Å²) in [5, 5.41) is 3.31. The maximum atomic E-state index is 12.6. The van der Waals surface area contributed by atoms with Gasteiger partial charge in [-0.1, -0.05) is 0 Å². The van der Waals surface area contributed by atoms with Crippen LogP contribution < -0.4 is 5.32 Å². The van der Waals surface area contributed by atoms with Gasteiger partial charge in [-0.05, 0) is 25.5 Å². The van der Waals surface area contributed by atoms with Gasteiger partial charge in [-0.25, -0.2) is 9.97 Å². The first-order valence-electron chi connectivity index (χ1n) is 8.16. The number of aromatic nitrogens is 2. The normalized spacial score (nSPS) is 26.2. The average Bonchev–Trinajstić information content (AvgIpc) is 3.30.